The molecule has 0 bridgehead atoms. The van der Waals surface area contributed by atoms with Gasteiger partial charge in [0.15, 0.2) is 0 Å². The minimum Gasteiger partial charge on any atom is -0.497 e. The minimum absolute atomic E-state index is 0.0922. The van der Waals surface area contributed by atoms with E-state index < -0.39 is 0 Å². The lowest BCUT2D eigenvalue weighted by Crippen LogP contribution is -2.24. The fourth-order valence-electron chi connectivity index (χ4n) is 2.19. The molecule has 6 heteroatoms. The van der Waals surface area contributed by atoms with Crippen molar-refractivity contribution in [3.63, 3.8) is 0 Å². The molecule has 0 fully saturated rings. The number of carbonyl (C=O) groups excluding carboxylic acids is 1. The molecule has 1 aromatic heterocycles. The largest absolute Gasteiger partial charge is 0.497 e. The van der Waals surface area contributed by atoms with Crippen LogP contribution in [-0.4, -0.2) is 23.2 Å². The van der Waals surface area contributed by atoms with Gasteiger partial charge < -0.3 is 14.5 Å². The fraction of sp³-hybridized carbons (Fsp3) is 0.167. The first-order valence-electron chi connectivity index (χ1n) is 7.52. The maximum Gasteiger partial charge on any atom is 0.247 e. The van der Waals surface area contributed by atoms with Crippen molar-refractivity contribution in [1.82, 2.24) is 15.5 Å². The molecule has 1 N–H and O–H groups in total. The molecular weight excluding hydrogens is 306 g/mol. The van der Waals surface area contributed by atoms with Crippen LogP contribution in [-0.2, 0) is 17.8 Å². The van der Waals surface area contributed by atoms with Gasteiger partial charge in [0.25, 0.3) is 0 Å². The predicted octanol–water partition coefficient (Wildman–Crippen LogP) is 2.60. The third-order valence-electron chi connectivity index (χ3n) is 3.45. The minimum atomic E-state index is -0.0922. The Labute approximate surface area is 139 Å². The first-order chi connectivity index (χ1) is 11.7. The van der Waals surface area contributed by atoms with Crippen LogP contribution in [0.5, 0.6) is 5.75 Å². The first-order valence-corrected chi connectivity index (χ1v) is 7.52. The van der Waals surface area contributed by atoms with Crippen LogP contribution in [0.4, 0.5) is 0 Å². The molecular formula is C18H17N3O3. The summed E-state index contributed by atoms with van der Waals surface area (Å²) >= 11 is 0. The Kier molecular flexibility index (Phi) is 4.86. The van der Waals surface area contributed by atoms with Crippen LogP contribution >= 0.6 is 0 Å². The molecule has 1 heterocycles. The number of carbonyl (C=O) groups is 1. The molecule has 0 aliphatic carbocycles. The normalized spacial score (nSPS) is 10.4. The summed E-state index contributed by atoms with van der Waals surface area (Å²) in [6.07, 6.45) is 0.320. The molecule has 3 aromatic rings. The van der Waals surface area contributed by atoms with E-state index in [0.717, 1.165) is 16.9 Å². The third kappa shape index (κ3) is 3.98. The molecule has 1 amide bonds. The number of amides is 1. The molecule has 3 rings (SSSR count). The molecule has 6 nitrogen and oxygen atoms in total. The third-order valence-corrected chi connectivity index (χ3v) is 3.45. The van der Waals surface area contributed by atoms with E-state index in [0.29, 0.717) is 18.2 Å². The van der Waals surface area contributed by atoms with Crippen LogP contribution in [0.2, 0.25) is 0 Å². The number of hydrogen-bond donors (Lipinski definition) is 1. The van der Waals surface area contributed by atoms with E-state index in [1.165, 1.54) is 0 Å². The van der Waals surface area contributed by atoms with Gasteiger partial charge in [-0.1, -0.05) is 30.3 Å². The number of hydrogen-bond acceptors (Lipinski definition) is 5. The van der Waals surface area contributed by atoms with Crippen molar-refractivity contribution in [1.29, 1.82) is 0 Å². The first kappa shape index (κ1) is 15.7. The second kappa shape index (κ2) is 7.41. The Hall–Kier alpha value is -3.15. The molecule has 0 aliphatic heterocycles. The van der Waals surface area contributed by atoms with E-state index in [1.54, 1.807) is 7.11 Å². The molecule has 0 saturated heterocycles. The Morgan fingerprint density at radius 2 is 1.83 bits per heavy atom. The van der Waals surface area contributed by atoms with Gasteiger partial charge in [-0.25, -0.2) is 0 Å². The zero-order chi connectivity index (χ0) is 16.8. The molecule has 122 valence electrons. The van der Waals surface area contributed by atoms with Crippen LogP contribution in [0.15, 0.2) is 59.0 Å². The lowest BCUT2D eigenvalue weighted by Gasteiger charge is -2.02. The highest BCUT2D eigenvalue weighted by Gasteiger charge is 2.10. The van der Waals surface area contributed by atoms with Crippen LogP contribution in [0, 0.1) is 0 Å². The lowest BCUT2D eigenvalue weighted by atomic mass is 10.1. The number of nitrogens with zero attached hydrogens (tertiary/aromatic N) is 2. The summed E-state index contributed by atoms with van der Waals surface area (Å²) in [6, 6.07) is 16.9. The standard InChI is InChI=1S/C18H17N3O3/c1-23-15-9-7-14(8-10-15)18-21-20-17(24-18)12-19-16(22)11-13-5-3-2-4-6-13/h2-10H,11-12H2,1H3,(H,19,22). The summed E-state index contributed by atoms with van der Waals surface area (Å²) in [7, 11) is 1.61. The van der Waals surface area contributed by atoms with Gasteiger partial charge in [-0.05, 0) is 29.8 Å². The number of rotatable bonds is 6. The van der Waals surface area contributed by atoms with Crippen LogP contribution in [0.3, 0.4) is 0 Å². The lowest BCUT2D eigenvalue weighted by molar-refractivity contribution is -0.120. The number of nitrogens with one attached hydrogen (secondary N) is 1. The maximum atomic E-state index is 11.9. The van der Waals surface area contributed by atoms with Gasteiger partial charge in [-0.2, -0.15) is 0 Å². The summed E-state index contributed by atoms with van der Waals surface area (Å²) in [5.74, 6) is 1.43. The molecule has 0 unspecified atom stereocenters. The van der Waals surface area contributed by atoms with E-state index in [-0.39, 0.29) is 12.5 Å². The van der Waals surface area contributed by atoms with Crippen molar-refractivity contribution in [2.24, 2.45) is 0 Å². The molecule has 0 aliphatic rings. The van der Waals surface area contributed by atoms with Crippen LogP contribution < -0.4 is 10.1 Å². The van der Waals surface area contributed by atoms with Crippen molar-refractivity contribution in [2.75, 3.05) is 7.11 Å². The Bertz CT molecular complexity index is 798. The Morgan fingerprint density at radius 3 is 2.54 bits per heavy atom. The van der Waals surface area contributed by atoms with E-state index in [4.69, 9.17) is 9.15 Å². The second-order valence-corrected chi connectivity index (χ2v) is 5.17. The summed E-state index contributed by atoms with van der Waals surface area (Å²) < 4.78 is 10.7. The molecule has 0 atom stereocenters. The number of ether oxygens (including phenoxy) is 1. The maximum absolute atomic E-state index is 11.9. The van der Waals surface area contributed by atoms with Gasteiger partial charge in [0, 0.05) is 5.56 Å². The van der Waals surface area contributed by atoms with E-state index in [1.807, 2.05) is 54.6 Å². The van der Waals surface area contributed by atoms with E-state index >= 15 is 0 Å². The second-order valence-electron chi connectivity index (χ2n) is 5.17. The number of benzene rings is 2. The van der Waals surface area contributed by atoms with Gasteiger partial charge in [0.2, 0.25) is 17.7 Å². The number of aromatic nitrogens is 2. The van der Waals surface area contributed by atoms with Crippen molar-refractivity contribution in [2.45, 2.75) is 13.0 Å². The SMILES string of the molecule is COc1ccc(-c2nnc(CNC(=O)Cc3ccccc3)o2)cc1. The van der Waals surface area contributed by atoms with Gasteiger partial charge in [0.05, 0.1) is 20.1 Å². The average molecular weight is 323 g/mol. The van der Waals surface area contributed by atoms with Crippen LogP contribution in [0.1, 0.15) is 11.5 Å². The predicted molar refractivity (Wildman–Crippen MR) is 88.3 cm³/mol. The van der Waals surface area contributed by atoms with Gasteiger partial charge >= 0.3 is 0 Å². The Morgan fingerprint density at radius 1 is 1.08 bits per heavy atom. The zero-order valence-corrected chi connectivity index (χ0v) is 13.2. The van der Waals surface area contributed by atoms with Gasteiger partial charge in [-0.3, -0.25) is 4.79 Å². The highest BCUT2D eigenvalue weighted by molar-refractivity contribution is 5.78. The highest BCUT2D eigenvalue weighted by Crippen LogP contribution is 2.21. The molecule has 24 heavy (non-hydrogen) atoms. The van der Waals surface area contributed by atoms with Crippen molar-refractivity contribution in [3.8, 4) is 17.2 Å². The molecule has 2 aromatic carbocycles. The quantitative estimate of drug-likeness (QED) is 0.754. The van der Waals surface area contributed by atoms with Crippen LogP contribution in [0.25, 0.3) is 11.5 Å². The van der Waals surface area contributed by atoms with Gasteiger partial charge in [0.1, 0.15) is 5.75 Å². The fourth-order valence-corrected chi connectivity index (χ4v) is 2.19. The smallest absolute Gasteiger partial charge is 0.247 e. The van der Waals surface area contributed by atoms with E-state index in [9.17, 15) is 4.79 Å². The van der Waals surface area contributed by atoms with Crippen molar-refractivity contribution in [3.05, 3.63) is 66.1 Å². The summed E-state index contributed by atoms with van der Waals surface area (Å²) in [4.78, 5) is 11.9. The van der Waals surface area contributed by atoms with E-state index in [2.05, 4.69) is 15.5 Å². The topological polar surface area (TPSA) is 77.3 Å². The average Bonchev–Trinajstić information content (AvgIpc) is 3.10. The van der Waals surface area contributed by atoms with Gasteiger partial charge in [-0.15, -0.1) is 10.2 Å². The highest BCUT2D eigenvalue weighted by atomic mass is 16.5. The molecule has 0 radical (unpaired) electrons. The summed E-state index contributed by atoms with van der Waals surface area (Å²) in [6.45, 7) is 0.203. The van der Waals surface area contributed by atoms with Crippen molar-refractivity contribution < 1.29 is 13.9 Å². The number of methoxy groups -OCH3 is 1. The molecule has 0 saturated carbocycles. The van der Waals surface area contributed by atoms with Crippen molar-refractivity contribution >= 4 is 5.91 Å². The monoisotopic (exact) mass is 323 g/mol. The summed E-state index contributed by atoms with van der Waals surface area (Å²) in [5.41, 5.74) is 1.75. The Balaban J connectivity index is 1.56. The zero-order valence-electron chi connectivity index (χ0n) is 13.2. The summed E-state index contributed by atoms with van der Waals surface area (Å²) in [5, 5.41) is 10.7. The molecule has 0 spiro atoms.